The SMILES string of the molecule is COc1cc(/C=C(/C#N)C(=O)Nc2ccccc2Br)cc2c1OCO2. The van der Waals surface area contributed by atoms with Crippen molar-refractivity contribution in [1.29, 1.82) is 5.26 Å². The number of ether oxygens (including phenoxy) is 3. The van der Waals surface area contributed by atoms with E-state index in [1.54, 1.807) is 30.3 Å². The average Bonchev–Trinajstić information content (AvgIpc) is 3.09. The van der Waals surface area contributed by atoms with E-state index < -0.39 is 5.91 Å². The molecule has 25 heavy (non-hydrogen) atoms. The number of rotatable bonds is 4. The Labute approximate surface area is 152 Å². The minimum atomic E-state index is -0.508. The molecule has 2 aromatic carbocycles. The Balaban J connectivity index is 1.89. The minimum Gasteiger partial charge on any atom is -0.493 e. The van der Waals surface area contributed by atoms with E-state index in [9.17, 15) is 10.1 Å². The number of carbonyl (C=O) groups is 1. The van der Waals surface area contributed by atoms with Crippen LogP contribution in [0.25, 0.3) is 6.08 Å². The third-order valence-electron chi connectivity index (χ3n) is 3.48. The summed E-state index contributed by atoms with van der Waals surface area (Å²) in [5, 5.41) is 12.0. The van der Waals surface area contributed by atoms with E-state index in [0.717, 1.165) is 4.47 Å². The van der Waals surface area contributed by atoms with Gasteiger partial charge in [0.25, 0.3) is 5.91 Å². The number of fused-ring (bicyclic) bond motifs is 1. The Morgan fingerprint density at radius 1 is 1.36 bits per heavy atom. The van der Waals surface area contributed by atoms with Crippen molar-refractivity contribution in [3.63, 3.8) is 0 Å². The molecule has 7 heteroatoms. The molecular weight excluding hydrogens is 388 g/mol. The highest BCUT2D eigenvalue weighted by molar-refractivity contribution is 9.10. The lowest BCUT2D eigenvalue weighted by atomic mass is 10.1. The highest BCUT2D eigenvalue weighted by Gasteiger charge is 2.20. The standard InChI is InChI=1S/C18H13BrN2O4/c1-23-15-7-11(8-16-17(15)25-10-24-16)6-12(9-20)18(22)21-14-5-3-2-4-13(14)19/h2-8H,10H2,1H3,(H,21,22)/b12-6-. The maximum atomic E-state index is 12.4. The second kappa shape index (κ2) is 7.28. The Morgan fingerprint density at radius 3 is 2.88 bits per heavy atom. The topological polar surface area (TPSA) is 80.6 Å². The molecule has 0 unspecified atom stereocenters. The smallest absolute Gasteiger partial charge is 0.266 e. The van der Waals surface area contributed by atoms with Crippen molar-refractivity contribution >= 4 is 33.6 Å². The first kappa shape index (κ1) is 16.9. The van der Waals surface area contributed by atoms with Gasteiger partial charge in [0, 0.05) is 4.47 Å². The van der Waals surface area contributed by atoms with Crippen molar-refractivity contribution in [3.05, 3.63) is 52.0 Å². The van der Waals surface area contributed by atoms with Gasteiger partial charge in [-0.15, -0.1) is 0 Å². The molecule has 0 aliphatic carbocycles. The highest BCUT2D eigenvalue weighted by Crippen LogP contribution is 2.42. The molecule has 0 saturated heterocycles. The summed E-state index contributed by atoms with van der Waals surface area (Å²) in [6.07, 6.45) is 1.47. The summed E-state index contributed by atoms with van der Waals surface area (Å²) in [6, 6.07) is 12.4. The van der Waals surface area contributed by atoms with Crippen molar-refractivity contribution in [3.8, 4) is 23.3 Å². The maximum absolute atomic E-state index is 12.4. The number of nitriles is 1. The number of nitrogens with zero attached hydrogens (tertiary/aromatic N) is 1. The maximum Gasteiger partial charge on any atom is 0.266 e. The van der Waals surface area contributed by atoms with Gasteiger partial charge in [-0.2, -0.15) is 5.26 Å². The van der Waals surface area contributed by atoms with Crippen LogP contribution in [0.1, 0.15) is 5.56 Å². The molecule has 0 saturated carbocycles. The zero-order valence-corrected chi connectivity index (χ0v) is 14.8. The van der Waals surface area contributed by atoms with Gasteiger partial charge in [0.15, 0.2) is 11.5 Å². The fourth-order valence-corrected chi connectivity index (χ4v) is 2.68. The van der Waals surface area contributed by atoms with Gasteiger partial charge in [0.05, 0.1) is 12.8 Å². The number of methoxy groups -OCH3 is 1. The molecule has 1 aliphatic heterocycles. The predicted octanol–water partition coefficient (Wildman–Crippen LogP) is 3.73. The van der Waals surface area contributed by atoms with Crippen LogP contribution in [0, 0.1) is 11.3 Å². The first-order valence-electron chi connectivity index (χ1n) is 7.27. The van der Waals surface area contributed by atoms with E-state index in [1.165, 1.54) is 13.2 Å². The normalized spacial score (nSPS) is 12.4. The Hall–Kier alpha value is -2.98. The van der Waals surface area contributed by atoms with E-state index in [1.807, 2.05) is 12.1 Å². The number of anilines is 1. The molecule has 1 heterocycles. The molecule has 2 aromatic rings. The summed E-state index contributed by atoms with van der Waals surface area (Å²) in [6.45, 7) is 0.104. The van der Waals surface area contributed by atoms with Crippen LogP contribution in [0.5, 0.6) is 17.2 Å². The van der Waals surface area contributed by atoms with Crippen LogP contribution in [0.4, 0.5) is 5.69 Å². The lowest BCUT2D eigenvalue weighted by Gasteiger charge is -2.08. The van der Waals surface area contributed by atoms with Gasteiger partial charge in [-0.05, 0) is 51.8 Å². The van der Waals surface area contributed by atoms with Gasteiger partial charge < -0.3 is 19.5 Å². The fourth-order valence-electron chi connectivity index (χ4n) is 2.30. The molecular formula is C18H13BrN2O4. The molecule has 0 fully saturated rings. The Morgan fingerprint density at radius 2 is 2.16 bits per heavy atom. The molecule has 0 bridgehead atoms. The summed E-state index contributed by atoms with van der Waals surface area (Å²) in [7, 11) is 1.51. The number of hydrogen-bond donors (Lipinski definition) is 1. The van der Waals surface area contributed by atoms with Crippen LogP contribution in [-0.4, -0.2) is 19.8 Å². The van der Waals surface area contributed by atoms with Gasteiger partial charge in [-0.25, -0.2) is 0 Å². The summed E-state index contributed by atoms with van der Waals surface area (Å²) in [4.78, 5) is 12.4. The number of amides is 1. The van der Waals surface area contributed by atoms with Crippen LogP contribution in [0.2, 0.25) is 0 Å². The summed E-state index contributed by atoms with van der Waals surface area (Å²) < 4.78 is 16.7. The summed E-state index contributed by atoms with van der Waals surface area (Å²) >= 11 is 3.35. The molecule has 6 nitrogen and oxygen atoms in total. The van der Waals surface area contributed by atoms with Crippen molar-refractivity contribution in [1.82, 2.24) is 0 Å². The average molecular weight is 401 g/mol. The van der Waals surface area contributed by atoms with Gasteiger partial charge >= 0.3 is 0 Å². The number of nitrogens with one attached hydrogen (secondary N) is 1. The number of halogens is 1. The van der Waals surface area contributed by atoms with Crippen LogP contribution in [0.15, 0.2) is 46.4 Å². The third kappa shape index (κ3) is 3.59. The monoisotopic (exact) mass is 400 g/mol. The Kier molecular flexibility index (Phi) is 4.91. The van der Waals surface area contributed by atoms with E-state index in [2.05, 4.69) is 21.2 Å². The molecule has 126 valence electrons. The first-order chi connectivity index (χ1) is 12.1. The number of para-hydroxylation sites is 1. The van der Waals surface area contributed by atoms with Crippen LogP contribution < -0.4 is 19.5 Å². The van der Waals surface area contributed by atoms with Gasteiger partial charge in [-0.3, -0.25) is 4.79 Å². The van der Waals surface area contributed by atoms with Gasteiger partial charge in [0.2, 0.25) is 12.5 Å². The van der Waals surface area contributed by atoms with E-state index in [0.29, 0.717) is 28.5 Å². The fraction of sp³-hybridized carbons (Fsp3) is 0.111. The van der Waals surface area contributed by atoms with Crippen molar-refractivity contribution in [2.45, 2.75) is 0 Å². The lowest BCUT2D eigenvalue weighted by molar-refractivity contribution is -0.112. The lowest BCUT2D eigenvalue weighted by Crippen LogP contribution is -2.13. The largest absolute Gasteiger partial charge is 0.493 e. The second-order valence-corrected chi connectivity index (χ2v) is 5.92. The predicted molar refractivity (Wildman–Crippen MR) is 95.5 cm³/mol. The van der Waals surface area contributed by atoms with E-state index in [4.69, 9.17) is 14.2 Å². The van der Waals surface area contributed by atoms with Crippen LogP contribution >= 0.6 is 15.9 Å². The zero-order chi connectivity index (χ0) is 17.8. The quantitative estimate of drug-likeness (QED) is 0.624. The summed E-state index contributed by atoms with van der Waals surface area (Å²) in [5.41, 5.74) is 1.13. The van der Waals surface area contributed by atoms with Gasteiger partial charge in [0.1, 0.15) is 11.6 Å². The zero-order valence-electron chi connectivity index (χ0n) is 13.2. The molecule has 0 atom stereocenters. The minimum absolute atomic E-state index is 0.0447. The number of carbonyl (C=O) groups excluding carboxylic acids is 1. The van der Waals surface area contributed by atoms with Crippen LogP contribution in [0.3, 0.4) is 0 Å². The Bertz CT molecular complexity index is 902. The third-order valence-corrected chi connectivity index (χ3v) is 4.17. The van der Waals surface area contributed by atoms with Gasteiger partial charge in [-0.1, -0.05) is 12.1 Å². The molecule has 0 aromatic heterocycles. The molecule has 1 amide bonds. The van der Waals surface area contributed by atoms with Crippen molar-refractivity contribution < 1.29 is 19.0 Å². The second-order valence-electron chi connectivity index (χ2n) is 5.06. The molecule has 0 radical (unpaired) electrons. The van der Waals surface area contributed by atoms with E-state index in [-0.39, 0.29) is 12.4 Å². The van der Waals surface area contributed by atoms with E-state index >= 15 is 0 Å². The highest BCUT2D eigenvalue weighted by atomic mass is 79.9. The molecule has 1 aliphatic rings. The summed E-state index contributed by atoms with van der Waals surface area (Å²) in [5.74, 6) is 0.987. The molecule has 3 rings (SSSR count). The number of benzene rings is 2. The van der Waals surface area contributed by atoms with Crippen molar-refractivity contribution in [2.75, 3.05) is 19.2 Å². The first-order valence-corrected chi connectivity index (χ1v) is 8.07. The molecule has 1 N–H and O–H groups in total. The molecule has 0 spiro atoms. The van der Waals surface area contributed by atoms with Crippen LogP contribution in [-0.2, 0) is 4.79 Å². The van der Waals surface area contributed by atoms with Crippen molar-refractivity contribution in [2.24, 2.45) is 0 Å². The number of hydrogen-bond acceptors (Lipinski definition) is 5.